The highest BCUT2D eigenvalue weighted by Crippen LogP contribution is 2.77. The Hall–Kier alpha value is -0.960. The van der Waals surface area contributed by atoms with Crippen LogP contribution in [0.1, 0.15) is 91.9 Å². The Morgan fingerprint density at radius 2 is 1.67 bits per heavy atom. The third-order valence-corrected chi connectivity index (χ3v) is 14.5. The van der Waals surface area contributed by atoms with Crippen LogP contribution in [0.2, 0.25) is 0 Å². The summed E-state index contributed by atoms with van der Waals surface area (Å²) in [6.45, 7) is 14.2. The van der Waals surface area contributed by atoms with Crippen LogP contribution in [0, 0.1) is 56.7 Å². The lowest BCUT2D eigenvalue weighted by molar-refractivity contribution is -0.233. The standard InChI is InChI=1S/C31H51NO6S/c1-20(17-38-39(6,36)37)21-9-14-31(19-34)16-15-29(4)22(26(21)31)7-8-24-27(2)12-11-25(32-35)28(3,18-33)23(27)10-13-30(24,29)5/h21-24,26,33-35H,1,7-19H2,2-6H3/b32-25-/t21-,22+,23+,24+,26+,27-,28-,29+,30+,31+/m0/s1. The van der Waals surface area contributed by atoms with Crippen molar-refractivity contribution in [2.75, 3.05) is 26.1 Å². The highest BCUT2D eigenvalue weighted by molar-refractivity contribution is 7.86. The number of hydrogen-bond donors (Lipinski definition) is 3. The van der Waals surface area contributed by atoms with Gasteiger partial charge < -0.3 is 15.4 Å². The molecule has 0 aliphatic heterocycles. The summed E-state index contributed by atoms with van der Waals surface area (Å²) in [7, 11) is -3.55. The fourth-order valence-electron chi connectivity index (χ4n) is 11.8. The Balaban J connectivity index is 1.50. The van der Waals surface area contributed by atoms with Crippen LogP contribution in [0.3, 0.4) is 0 Å². The Kier molecular flexibility index (Phi) is 7.22. The quantitative estimate of drug-likeness (QED) is 0.172. The molecule has 0 unspecified atom stereocenters. The minimum atomic E-state index is -3.55. The van der Waals surface area contributed by atoms with Crippen molar-refractivity contribution < 1.29 is 28.0 Å². The number of aliphatic hydroxyl groups is 2. The smallest absolute Gasteiger partial charge is 0.264 e. The van der Waals surface area contributed by atoms with Crippen LogP contribution in [-0.2, 0) is 14.3 Å². The molecule has 0 bridgehead atoms. The normalized spacial score (nSPS) is 50.5. The molecule has 0 saturated heterocycles. The summed E-state index contributed by atoms with van der Waals surface area (Å²) >= 11 is 0. The second-order valence-corrected chi connectivity index (χ2v) is 16.8. The van der Waals surface area contributed by atoms with Gasteiger partial charge in [0.25, 0.3) is 10.1 Å². The van der Waals surface area contributed by atoms with E-state index in [1.54, 1.807) is 0 Å². The molecule has 5 fully saturated rings. The Morgan fingerprint density at radius 3 is 2.28 bits per heavy atom. The monoisotopic (exact) mass is 565 g/mol. The molecule has 39 heavy (non-hydrogen) atoms. The van der Waals surface area contributed by atoms with E-state index in [0.717, 1.165) is 81.7 Å². The second kappa shape index (κ2) is 9.53. The predicted molar refractivity (Wildman–Crippen MR) is 152 cm³/mol. The van der Waals surface area contributed by atoms with Crippen molar-refractivity contribution in [1.29, 1.82) is 0 Å². The van der Waals surface area contributed by atoms with Crippen molar-refractivity contribution in [3.8, 4) is 0 Å². The summed E-state index contributed by atoms with van der Waals surface area (Å²) < 4.78 is 28.7. The van der Waals surface area contributed by atoms with Crippen LogP contribution in [0.5, 0.6) is 0 Å². The number of fused-ring (bicyclic) bond motifs is 7. The Morgan fingerprint density at radius 1 is 0.949 bits per heavy atom. The maximum absolute atomic E-state index is 11.7. The van der Waals surface area contributed by atoms with Crippen molar-refractivity contribution in [3.05, 3.63) is 12.2 Å². The SMILES string of the molecule is C=C(COS(C)(=O)=O)[C@@H]1CC[C@]2(CO)CC[C@]3(C)[C@H](CC[C@@H]4[C@@]5(C)CC/C(=N/O)[C@@](C)(CO)[C@@H]5CC[C@]43C)[C@@H]12. The van der Waals surface area contributed by atoms with Gasteiger partial charge in [-0.15, -0.1) is 0 Å². The highest BCUT2D eigenvalue weighted by atomic mass is 32.2. The van der Waals surface area contributed by atoms with E-state index in [2.05, 4.69) is 39.4 Å². The molecule has 0 heterocycles. The van der Waals surface area contributed by atoms with E-state index >= 15 is 0 Å². The summed E-state index contributed by atoms with van der Waals surface area (Å²) in [6.07, 6.45) is 11.1. The predicted octanol–water partition coefficient (Wildman–Crippen LogP) is 5.40. The molecule has 10 atom stereocenters. The molecule has 0 amide bonds. The van der Waals surface area contributed by atoms with E-state index in [-0.39, 0.29) is 59.2 Å². The second-order valence-electron chi connectivity index (χ2n) is 15.1. The lowest BCUT2D eigenvalue weighted by atomic mass is 9.32. The average molecular weight is 566 g/mol. The Labute approximate surface area is 235 Å². The molecular formula is C31H51NO6S. The zero-order valence-electron chi connectivity index (χ0n) is 24.7. The van der Waals surface area contributed by atoms with Crippen molar-refractivity contribution in [3.63, 3.8) is 0 Å². The summed E-state index contributed by atoms with van der Waals surface area (Å²) in [4.78, 5) is 0. The first-order valence-electron chi connectivity index (χ1n) is 15.1. The van der Waals surface area contributed by atoms with Crippen molar-refractivity contribution in [2.24, 2.45) is 61.8 Å². The minimum absolute atomic E-state index is 0.0103. The van der Waals surface area contributed by atoms with E-state index in [0.29, 0.717) is 11.8 Å². The molecule has 0 spiro atoms. The first kappa shape index (κ1) is 29.5. The van der Waals surface area contributed by atoms with Crippen molar-refractivity contribution in [2.45, 2.75) is 91.9 Å². The summed E-state index contributed by atoms with van der Waals surface area (Å²) in [5.74, 6) is 1.66. The van der Waals surface area contributed by atoms with Crippen LogP contribution in [0.4, 0.5) is 0 Å². The summed E-state index contributed by atoms with van der Waals surface area (Å²) in [5, 5.41) is 34.8. The molecular weight excluding hydrogens is 514 g/mol. The first-order valence-corrected chi connectivity index (χ1v) is 16.9. The lowest BCUT2D eigenvalue weighted by Gasteiger charge is -2.72. The van der Waals surface area contributed by atoms with E-state index in [9.17, 15) is 23.8 Å². The summed E-state index contributed by atoms with van der Waals surface area (Å²) in [5.41, 5.74) is 1.26. The molecule has 5 saturated carbocycles. The number of hydrogen-bond acceptors (Lipinski definition) is 7. The first-order chi connectivity index (χ1) is 18.2. The van der Waals surface area contributed by atoms with E-state index in [4.69, 9.17) is 4.18 Å². The van der Waals surface area contributed by atoms with Crippen LogP contribution >= 0.6 is 0 Å². The maximum Gasteiger partial charge on any atom is 0.264 e. The van der Waals surface area contributed by atoms with E-state index in [1.807, 2.05) is 0 Å². The zero-order valence-corrected chi connectivity index (χ0v) is 25.5. The van der Waals surface area contributed by atoms with Gasteiger partial charge in [-0.3, -0.25) is 4.18 Å². The van der Waals surface area contributed by atoms with Gasteiger partial charge in [0.05, 0.1) is 25.2 Å². The van der Waals surface area contributed by atoms with Crippen molar-refractivity contribution in [1.82, 2.24) is 0 Å². The number of oxime groups is 1. The molecule has 222 valence electrons. The van der Waals surface area contributed by atoms with Crippen LogP contribution in [0.15, 0.2) is 17.3 Å². The molecule has 0 aromatic carbocycles. The largest absolute Gasteiger partial charge is 0.411 e. The number of aliphatic hydroxyl groups excluding tert-OH is 2. The van der Waals surface area contributed by atoms with Gasteiger partial charge >= 0.3 is 0 Å². The van der Waals surface area contributed by atoms with Gasteiger partial charge in [-0.05, 0) is 121 Å². The lowest BCUT2D eigenvalue weighted by Crippen LogP contribution is -2.67. The third kappa shape index (κ3) is 4.04. The number of rotatable bonds is 6. The van der Waals surface area contributed by atoms with Gasteiger partial charge in [0, 0.05) is 12.0 Å². The Bertz CT molecular complexity index is 1140. The molecule has 0 aromatic rings. The van der Waals surface area contributed by atoms with E-state index in [1.165, 1.54) is 0 Å². The van der Waals surface area contributed by atoms with E-state index < -0.39 is 15.5 Å². The van der Waals surface area contributed by atoms with Crippen LogP contribution < -0.4 is 0 Å². The molecule has 8 heteroatoms. The van der Waals surface area contributed by atoms with Crippen molar-refractivity contribution >= 4 is 15.8 Å². The molecule has 3 N–H and O–H groups in total. The van der Waals surface area contributed by atoms with Crippen LogP contribution in [-0.4, -0.2) is 55.6 Å². The van der Waals surface area contributed by atoms with Gasteiger partial charge in [-0.25, -0.2) is 0 Å². The third-order valence-electron chi connectivity index (χ3n) is 13.9. The van der Waals surface area contributed by atoms with Gasteiger partial charge in [-0.2, -0.15) is 8.42 Å². The molecule has 5 aliphatic carbocycles. The molecule has 0 aromatic heterocycles. The van der Waals surface area contributed by atoms with Crippen LogP contribution in [0.25, 0.3) is 0 Å². The highest BCUT2D eigenvalue weighted by Gasteiger charge is 2.71. The molecule has 5 aliphatic rings. The molecule has 5 rings (SSSR count). The average Bonchev–Trinajstić information content (AvgIpc) is 3.27. The van der Waals surface area contributed by atoms with Gasteiger partial charge in [0.15, 0.2) is 0 Å². The topological polar surface area (TPSA) is 116 Å². The van der Waals surface area contributed by atoms with Gasteiger partial charge in [0.1, 0.15) is 0 Å². The molecule has 7 nitrogen and oxygen atoms in total. The zero-order chi connectivity index (χ0) is 28.6. The van der Waals surface area contributed by atoms with Gasteiger partial charge in [0.2, 0.25) is 0 Å². The van der Waals surface area contributed by atoms with Gasteiger partial charge in [-0.1, -0.05) is 39.4 Å². The fraction of sp³-hybridized carbons (Fsp3) is 0.903. The number of nitrogens with zero attached hydrogens (tertiary/aromatic N) is 1. The molecule has 0 radical (unpaired) electrons. The summed E-state index contributed by atoms with van der Waals surface area (Å²) in [6, 6.07) is 0. The minimum Gasteiger partial charge on any atom is -0.411 e. The fourth-order valence-corrected chi connectivity index (χ4v) is 12.1. The maximum atomic E-state index is 11.7.